The first-order valence-electron chi connectivity index (χ1n) is 5.74. The second kappa shape index (κ2) is 5.79. The Kier molecular flexibility index (Phi) is 4.09. The average molecular weight is 291 g/mol. The number of hydrogen-bond donors (Lipinski definition) is 2. The third-order valence-electron chi connectivity index (χ3n) is 2.50. The fraction of sp³-hybridized carbons (Fsp3) is 0.154. The largest absolute Gasteiger partial charge is 0.465 e. The Morgan fingerprint density at radius 3 is 2.85 bits per heavy atom. The maximum atomic E-state index is 11.7. The molecule has 0 unspecified atom stereocenters. The number of benzene rings is 1. The fourth-order valence-corrected chi connectivity index (χ4v) is 2.62. The number of anilines is 1. The summed E-state index contributed by atoms with van der Waals surface area (Å²) < 4.78 is 4.72. The molecule has 0 amide bonds. The van der Waals surface area contributed by atoms with Crippen molar-refractivity contribution in [3.63, 3.8) is 0 Å². The van der Waals surface area contributed by atoms with Crippen molar-refractivity contribution in [1.29, 1.82) is 0 Å². The smallest absolute Gasteiger partial charge is 0.339 e. The lowest BCUT2D eigenvalue weighted by Crippen LogP contribution is -2.09. The number of hydrogen-bond acceptors (Lipinski definition) is 6. The number of aromatic amines is 1. The predicted molar refractivity (Wildman–Crippen MR) is 75.9 cm³/mol. The summed E-state index contributed by atoms with van der Waals surface area (Å²) in [5.41, 5.74) is 6.98. The Balaban J connectivity index is 2.47. The van der Waals surface area contributed by atoms with E-state index in [1.54, 1.807) is 25.1 Å². The number of esters is 1. The van der Waals surface area contributed by atoms with Crippen molar-refractivity contribution in [2.75, 3.05) is 12.8 Å². The van der Waals surface area contributed by atoms with Crippen LogP contribution < -0.4 is 11.3 Å². The van der Waals surface area contributed by atoms with E-state index in [1.807, 2.05) is 0 Å². The van der Waals surface area contributed by atoms with Crippen molar-refractivity contribution >= 4 is 23.4 Å². The zero-order valence-corrected chi connectivity index (χ0v) is 11.8. The summed E-state index contributed by atoms with van der Waals surface area (Å²) in [4.78, 5) is 30.5. The van der Waals surface area contributed by atoms with Crippen LogP contribution >= 0.6 is 11.8 Å². The Bertz CT molecular complexity index is 712. The molecule has 20 heavy (non-hydrogen) atoms. The highest BCUT2D eigenvalue weighted by atomic mass is 32.2. The highest BCUT2D eigenvalue weighted by Gasteiger charge is 2.16. The van der Waals surface area contributed by atoms with Gasteiger partial charge in [-0.25, -0.2) is 9.78 Å². The molecule has 1 heterocycles. The lowest BCUT2D eigenvalue weighted by atomic mass is 10.2. The van der Waals surface area contributed by atoms with E-state index >= 15 is 0 Å². The molecule has 0 saturated heterocycles. The quantitative estimate of drug-likeness (QED) is 0.506. The molecule has 1 aromatic heterocycles. The molecule has 0 spiro atoms. The van der Waals surface area contributed by atoms with Crippen LogP contribution in [0.3, 0.4) is 0 Å². The number of nitrogens with zero attached hydrogens (tertiary/aromatic N) is 1. The van der Waals surface area contributed by atoms with Crippen LogP contribution in [0.1, 0.15) is 16.1 Å². The van der Waals surface area contributed by atoms with E-state index < -0.39 is 5.97 Å². The summed E-state index contributed by atoms with van der Waals surface area (Å²) >= 11 is 1.12. The summed E-state index contributed by atoms with van der Waals surface area (Å²) in [6, 6.07) is 6.33. The summed E-state index contributed by atoms with van der Waals surface area (Å²) in [6.07, 6.45) is 0. The van der Waals surface area contributed by atoms with Gasteiger partial charge in [0, 0.05) is 17.4 Å². The summed E-state index contributed by atoms with van der Waals surface area (Å²) in [5, 5.41) is 0.373. The van der Waals surface area contributed by atoms with Crippen LogP contribution in [0.2, 0.25) is 0 Å². The molecule has 0 aliphatic rings. The predicted octanol–water partition coefficient (Wildman–Crippen LogP) is 1.60. The van der Waals surface area contributed by atoms with Gasteiger partial charge in [0.2, 0.25) is 0 Å². The van der Waals surface area contributed by atoms with Crippen LogP contribution in [0.4, 0.5) is 5.69 Å². The lowest BCUT2D eigenvalue weighted by Gasteiger charge is -2.09. The van der Waals surface area contributed by atoms with Gasteiger partial charge in [-0.3, -0.25) is 4.79 Å². The summed E-state index contributed by atoms with van der Waals surface area (Å²) in [5.74, 6) is -0.491. The van der Waals surface area contributed by atoms with Crippen molar-refractivity contribution < 1.29 is 9.53 Å². The van der Waals surface area contributed by atoms with Crippen LogP contribution in [-0.2, 0) is 4.74 Å². The highest BCUT2D eigenvalue weighted by Crippen LogP contribution is 2.33. The molecule has 3 N–H and O–H groups in total. The maximum absolute atomic E-state index is 11.7. The molecule has 1 aromatic carbocycles. The van der Waals surface area contributed by atoms with Gasteiger partial charge in [0.05, 0.1) is 17.6 Å². The Morgan fingerprint density at radius 1 is 1.45 bits per heavy atom. The van der Waals surface area contributed by atoms with Gasteiger partial charge in [0.15, 0.2) is 5.16 Å². The number of carbonyl (C=O) groups is 1. The van der Waals surface area contributed by atoms with Gasteiger partial charge in [-0.2, -0.15) is 0 Å². The average Bonchev–Trinajstić information content (AvgIpc) is 2.39. The molecule has 2 rings (SSSR count). The molecule has 7 heteroatoms. The molecule has 6 nitrogen and oxygen atoms in total. The number of nitrogen functional groups attached to an aromatic ring is 1. The van der Waals surface area contributed by atoms with Crippen molar-refractivity contribution in [2.24, 2.45) is 0 Å². The molecule has 0 aliphatic carbocycles. The highest BCUT2D eigenvalue weighted by molar-refractivity contribution is 7.99. The number of methoxy groups -OCH3 is 1. The van der Waals surface area contributed by atoms with E-state index in [1.165, 1.54) is 13.2 Å². The molecule has 2 aromatic rings. The first-order chi connectivity index (χ1) is 9.51. The van der Waals surface area contributed by atoms with Gasteiger partial charge < -0.3 is 15.5 Å². The van der Waals surface area contributed by atoms with Gasteiger partial charge in [-0.1, -0.05) is 6.07 Å². The van der Waals surface area contributed by atoms with Gasteiger partial charge in [0.25, 0.3) is 5.56 Å². The zero-order valence-electron chi connectivity index (χ0n) is 11.0. The van der Waals surface area contributed by atoms with E-state index in [9.17, 15) is 9.59 Å². The summed E-state index contributed by atoms with van der Waals surface area (Å²) in [7, 11) is 1.30. The van der Waals surface area contributed by atoms with Crippen LogP contribution in [0, 0.1) is 6.92 Å². The van der Waals surface area contributed by atoms with Crippen LogP contribution in [0.25, 0.3) is 0 Å². The number of aromatic nitrogens is 2. The number of rotatable bonds is 3. The Hall–Kier alpha value is -2.28. The maximum Gasteiger partial charge on any atom is 0.339 e. The SMILES string of the molecule is COC(=O)c1cccc(N)c1Sc1nc(C)cc(=O)[nH]1. The van der Waals surface area contributed by atoms with Crippen LogP contribution in [0.15, 0.2) is 39.1 Å². The van der Waals surface area contributed by atoms with Crippen molar-refractivity contribution in [3.8, 4) is 0 Å². The van der Waals surface area contributed by atoms with E-state index in [2.05, 4.69) is 9.97 Å². The molecule has 0 aliphatic heterocycles. The first kappa shape index (κ1) is 14.1. The van der Waals surface area contributed by atoms with Crippen LogP contribution in [-0.4, -0.2) is 23.0 Å². The molecular weight excluding hydrogens is 278 g/mol. The minimum Gasteiger partial charge on any atom is -0.465 e. The lowest BCUT2D eigenvalue weighted by molar-refractivity contribution is 0.0597. The van der Waals surface area contributed by atoms with Gasteiger partial charge in [-0.15, -0.1) is 0 Å². The third kappa shape index (κ3) is 3.00. The second-order valence-electron chi connectivity index (χ2n) is 4.01. The first-order valence-corrected chi connectivity index (χ1v) is 6.55. The molecule has 0 atom stereocenters. The molecule has 0 saturated carbocycles. The summed E-state index contributed by atoms with van der Waals surface area (Å²) in [6.45, 7) is 1.72. The molecule has 104 valence electrons. The minimum atomic E-state index is -0.491. The zero-order chi connectivity index (χ0) is 14.7. The van der Waals surface area contributed by atoms with Gasteiger partial charge in [0.1, 0.15) is 0 Å². The van der Waals surface area contributed by atoms with Crippen molar-refractivity contribution in [2.45, 2.75) is 17.0 Å². The van der Waals surface area contributed by atoms with E-state index in [0.29, 0.717) is 27.0 Å². The van der Waals surface area contributed by atoms with Gasteiger partial charge in [-0.05, 0) is 30.8 Å². The molecule has 0 fully saturated rings. The third-order valence-corrected chi connectivity index (χ3v) is 3.54. The number of ether oxygens (including phenoxy) is 1. The monoisotopic (exact) mass is 291 g/mol. The number of aryl methyl sites for hydroxylation is 1. The minimum absolute atomic E-state index is 0.255. The number of nitrogens with two attached hydrogens (primary N) is 1. The second-order valence-corrected chi connectivity index (χ2v) is 5.01. The molecule has 0 radical (unpaired) electrons. The van der Waals surface area contributed by atoms with Crippen molar-refractivity contribution in [1.82, 2.24) is 9.97 Å². The number of carbonyl (C=O) groups excluding carboxylic acids is 1. The van der Waals surface area contributed by atoms with E-state index in [0.717, 1.165) is 11.8 Å². The molecule has 0 bridgehead atoms. The van der Waals surface area contributed by atoms with E-state index in [-0.39, 0.29) is 5.56 Å². The van der Waals surface area contributed by atoms with Gasteiger partial charge >= 0.3 is 5.97 Å². The van der Waals surface area contributed by atoms with Crippen molar-refractivity contribution in [3.05, 3.63) is 45.9 Å². The normalized spacial score (nSPS) is 10.3. The standard InChI is InChI=1S/C13H13N3O3S/c1-7-6-10(17)16-13(15-7)20-11-8(12(18)19-2)4-3-5-9(11)14/h3-6H,14H2,1-2H3,(H,15,16,17). The topological polar surface area (TPSA) is 98.1 Å². The Labute approximate surface area is 119 Å². The number of nitrogens with one attached hydrogen (secondary N) is 1. The van der Waals surface area contributed by atoms with E-state index in [4.69, 9.17) is 10.5 Å². The number of H-pyrrole nitrogens is 1. The van der Waals surface area contributed by atoms with Crippen LogP contribution in [0.5, 0.6) is 0 Å². The molecular formula is C13H13N3O3S. The Morgan fingerprint density at radius 2 is 2.20 bits per heavy atom. The fourth-order valence-electron chi connectivity index (χ4n) is 1.64.